The smallest absolute Gasteiger partial charge is 0.481 e. The third-order valence-corrected chi connectivity index (χ3v) is 14.6. The lowest BCUT2D eigenvalue weighted by Crippen LogP contribution is -2.65. The predicted molar refractivity (Wildman–Crippen MR) is 264 cm³/mol. The van der Waals surface area contributed by atoms with Gasteiger partial charge in [-0.15, -0.1) is 0 Å². The maximum atomic E-state index is 13.6. The summed E-state index contributed by atoms with van der Waals surface area (Å²) in [7, 11) is 0.392. The topological polar surface area (TPSA) is 314 Å². The molecule has 72 heavy (non-hydrogen) atoms. The number of rotatable bonds is 25. The van der Waals surface area contributed by atoms with Gasteiger partial charge >= 0.3 is 13.1 Å². The number of unbranched alkanes of at least 4 members (excludes halogenated alkanes) is 1. The molecule has 0 spiro atoms. The van der Waals surface area contributed by atoms with E-state index in [1.54, 1.807) is 31.2 Å². The number of aliphatic carboxylic acids is 1. The number of nitrogens with one attached hydrogen (secondary N) is 6. The summed E-state index contributed by atoms with van der Waals surface area (Å²) in [5.41, 5.74) is 8.28. The molecule has 2 bridgehead atoms. The SMILES string of the molecule is CCCCc1ccc(-c2ccc(C(=O)N[C@H](CO)C(=O)NC(C)C(=O)NCC(=O)N(C)[C@@H](CCC(=O)O)C(=O)N[C@@H](C)C(=O)N[C@@H](CC(N)=O)C(=O)N[C@@H](C)B3OC4C[C@@H]5C[C@@H](C5(C)C)[C@]4(C)O3)cc2)cc1. The summed E-state index contributed by atoms with van der Waals surface area (Å²) >= 11 is 0. The Bertz CT molecular complexity index is 2330. The molecule has 4 fully saturated rings. The fourth-order valence-corrected chi connectivity index (χ4v) is 9.84. The molecule has 0 radical (unpaired) electrons. The highest BCUT2D eigenvalue weighted by Crippen LogP contribution is 2.65. The molecule has 1 heterocycles. The first-order valence-electron chi connectivity index (χ1n) is 24.6. The van der Waals surface area contributed by atoms with Gasteiger partial charge in [-0.25, -0.2) is 0 Å². The third-order valence-electron chi connectivity index (χ3n) is 14.6. The summed E-state index contributed by atoms with van der Waals surface area (Å²) in [6.45, 7) is 11.3. The molecular weight excluding hydrogens is 931 g/mol. The van der Waals surface area contributed by atoms with Crippen LogP contribution >= 0.6 is 0 Å². The number of carboxylic acids is 1. The molecule has 2 unspecified atom stereocenters. The number of aryl methyl sites for hydroxylation is 1. The average molecular weight is 1000 g/mol. The molecule has 21 nitrogen and oxygen atoms in total. The van der Waals surface area contributed by atoms with E-state index in [0.29, 0.717) is 5.92 Å². The van der Waals surface area contributed by atoms with Gasteiger partial charge in [0.2, 0.25) is 41.4 Å². The Morgan fingerprint density at radius 2 is 1.39 bits per heavy atom. The second-order valence-electron chi connectivity index (χ2n) is 20.1. The molecule has 10 N–H and O–H groups in total. The van der Waals surface area contributed by atoms with E-state index >= 15 is 0 Å². The monoisotopic (exact) mass is 1000 g/mol. The number of carbonyl (C=O) groups is 9. The minimum atomic E-state index is -1.47. The number of likely N-dealkylation sites (N-methyl/N-ethyl adjacent to an activating group) is 1. The van der Waals surface area contributed by atoms with Gasteiger partial charge in [-0.1, -0.05) is 63.6 Å². The number of benzene rings is 2. The third kappa shape index (κ3) is 13.8. The van der Waals surface area contributed by atoms with Gasteiger partial charge in [0.25, 0.3) is 5.91 Å². The first kappa shape index (κ1) is 56.5. The van der Waals surface area contributed by atoms with Crippen LogP contribution in [0.1, 0.15) is 109 Å². The molecular formula is C50H71BN8O13. The van der Waals surface area contributed by atoms with Crippen molar-refractivity contribution in [3.05, 3.63) is 59.7 Å². The maximum absolute atomic E-state index is 13.6. The number of hydrogen-bond acceptors (Lipinski definition) is 12. The minimum absolute atomic E-state index is 0.0909. The van der Waals surface area contributed by atoms with Gasteiger partial charge in [0.15, 0.2) is 0 Å². The van der Waals surface area contributed by atoms with E-state index < -0.39 is 135 Å². The van der Waals surface area contributed by atoms with Gasteiger partial charge in [-0.2, -0.15) is 0 Å². The molecule has 1 saturated heterocycles. The Hall–Kier alpha value is -6.39. The number of amides is 8. The van der Waals surface area contributed by atoms with Crippen LogP contribution in [0, 0.1) is 17.3 Å². The zero-order chi connectivity index (χ0) is 53.2. The van der Waals surface area contributed by atoms with Gasteiger partial charge in [0.1, 0.15) is 30.2 Å². The van der Waals surface area contributed by atoms with Crippen LogP contribution in [-0.4, -0.2) is 144 Å². The molecule has 0 aromatic heterocycles. The number of aliphatic hydroxyl groups excluding tert-OH is 1. The molecule has 3 saturated carbocycles. The fraction of sp³-hybridized carbons (Fsp3) is 0.580. The Balaban J connectivity index is 1.10. The summed E-state index contributed by atoms with van der Waals surface area (Å²) in [4.78, 5) is 117. The van der Waals surface area contributed by atoms with Crippen molar-refractivity contribution in [3.8, 4) is 11.1 Å². The van der Waals surface area contributed by atoms with Crippen molar-refractivity contribution in [2.75, 3.05) is 20.2 Å². The molecule has 2 aromatic rings. The van der Waals surface area contributed by atoms with E-state index in [1.807, 2.05) is 19.1 Å². The van der Waals surface area contributed by atoms with E-state index in [4.69, 9.17) is 15.0 Å². The quantitative estimate of drug-likeness (QED) is 0.0621. The molecule has 392 valence electrons. The van der Waals surface area contributed by atoms with Gasteiger partial charge in [0.05, 0.1) is 37.2 Å². The van der Waals surface area contributed by atoms with Gasteiger partial charge in [-0.3, -0.25) is 43.2 Å². The molecule has 4 aliphatic rings. The van der Waals surface area contributed by atoms with Crippen LogP contribution < -0.4 is 37.6 Å². The van der Waals surface area contributed by atoms with Crippen molar-refractivity contribution in [1.82, 2.24) is 36.8 Å². The second kappa shape index (κ2) is 24.4. The van der Waals surface area contributed by atoms with E-state index in [1.165, 1.54) is 26.5 Å². The van der Waals surface area contributed by atoms with Crippen LogP contribution in [0.3, 0.4) is 0 Å². The molecule has 3 aliphatic carbocycles. The molecule has 6 rings (SSSR count). The van der Waals surface area contributed by atoms with Crippen molar-refractivity contribution in [2.24, 2.45) is 23.0 Å². The highest BCUT2D eigenvalue weighted by Gasteiger charge is 2.68. The summed E-state index contributed by atoms with van der Waals surface area (Å²) in [5.74, 6) is -7.96. The van der Waals surface area contributed by atoms with Gasteiger partial charge in [-0.05, 0) is 106 Å². The maximum Gasteiger partial charge on any atom is 0.481 e. The summed E-state index contributed by atoms with van der Waals surface area (Å²) in [6, 6.07) is 7.81. The van der Waals surface area contributed by atoms with Crippen LogP contribution in [0.15, 0.2) is 48.5 Å². The standard InChI is InChI=1S/C50H71BN8O13/c1-9-10-11-30-12-14-31(15-13-30)32-16-18-33(19-17-32)45(67)58-36(26-60)47(69)54-27(2)43(65)53-25-41(62)59(8)37(20-21-42(63)64)48(70)55-28(3)44(66)57-35(24-40(52)61)46(68)56-29(4)51-71-39-23-34-22-38(49(34,5)6)50(39,7)72-51/h12-19,27-29,34-39,60H,9-11,20-26H2,1-8H3,(H2,52,61)(H,53,65)(H,54,69)(H,55,70)(H,56,68)(H,57,66)(H,58,67)(H,63,64)/t27?,28-,29-,34-,35-,36+,37-,38-,39?,50-/m0/s1. The minimum Gasteiger partial charge on any atom is -0.481 e. The number of hydrogen-bond donors (Lipinski definition) is 9. The van der Waals surface area contributed by atoms with E-state index in [2.05, 4.69) is 64.8 Å². The molecule has 22 heteroatoms. The van der Waals surface area contributed by atoms with Crippen molar-refractivity contribution < 1.29 is 62.7 Å². The number of carboxylic acid groups (broad SMARTS) is 1. The normalized spacial score (nSPS) is 21.9. The second-order valence-corrected chi connectivity index (χ2v) is 20.1. The van der Waals surface area contributed by atoms with Crippen molar-refractivity contribution in [2.45, 2.75) is 148 Å². The molecule has 8 amide bonds. The predicted octanol–water partition coefficient (Wildman–Crippen LogP) is 0.737. The summed E-state index contributed by atoms with van der Waals surface area (Å²) in [5, 5.41) is 34.2. The lowest BCUT2D eigenvalue weighted by atomic mass is 9.43. The van der Waals surface area contributed by atoms with Crippen molar-refractivity contribution in [1.29, 1.82) is 0 Å². The van der Waals surface area contributed by atoms with Crippen molar-refractivity contribution >= 4 is 60.3 Å². The number of nitrogens with zero attached hydrogens (tertiary/aromatic N) is 1. The van der Waals surface area contributed by atoms with E-state index in [0.717, 1.165) is 48.1 Å². The number of carbonyl (C=O) groups excluding carboxylic acids is 8. The van der Waals surface area contributed by atoms with E-state index in [-0.39, 0.29) is 23.0 Å². The Morgan fingerprint density at radius 1 is 0.792 bits per heavy atom. The molecule has 1 aliphatic heterocycles. The highest BCUT2D eigenvalue weighted by molar-refractivity contribution is 6.47. The lowest BCUT2D eigenvalue weighted by molar-refractivity contribution is -0.199. The molecule has 10 atom stereocenters. The Labute approximate surface area is 420 Å². The van der Waals surface area contributed by atoms with Crippen LogP contribution in [-0.2, 0) is 54.1 Å². The Morgan fingerprint density at radius 3 is 1.97 bits per heavy atom. The van der Waals surface area contributed by atoms with E-state index in [9.17, 15) is 53.4 Å². The van der Waals surface area contributed by atoms with Crippen LogP contribution in [0.2, 0.25) is 0 Å². The van der Waals surface area contributed by atoms with Gasteiger partial charge in [0, 0.05) is 19.0 Å². The first-order chi connectivity index (χ1) is 33.9. The average Bonchev–Trinajstić information content (AvgIpc) is 3.71. The zero-order valence-corrected chi connectivity index (χ0v) is 42.4. The lowest BCUT2D eigenvalue weighted by Gasteiger charge is -2.64. The van der Waals surface area contributed by atoms with Crippen LogP contribution in [0.4, 0.5) is 0 Å². The number of primary amides is 1. The van der Waals surface area contributed by atoms with Gasteiger partial charge < -0.3 is 62.1 Å². The number of nitrogens with two attached hydrogens (primary N) is 1. The number of aliphatic hydroxyl groups is 1. The fourth-order valence-electron chi connectivity index (χ4n) is 9.84. The first-order valence-corrected chi connectivity index (χ1v) is 24.6. The summed E-state index contributed by atoms with van der Waals surface area (Å²) < 4.78 is 12.7. The van der Waals surface area contributed by atoms with Crippen LogP contribution in [0.5, 0.6) is 0 Å². The highest BCUT2D eigenvalue weighted by atomic mass is 16.7. The Kier molecular flexibility index (Phi) is 19.1. The van der Waals surface area contributed by atoms with Crippen LogP contribution in [0.25, 0.3) is 11.1 Å². The zero-order valence-electron chi connectivity index (χ0n) is 42.4. The van der Waals surface area contributed by atoms with Crippen molar-refractivity contribution in [3.63, 3.8) is 0 Å². The largest absolute Gasteiger partial charge is 0.481 e. The summed E-state index contributed by atoms with van der Waals surface area (Å²) in [6.07, 6.45) is 3.31. The molecule has 2 aromatic carbocycles.